The quantitative estimate of drug-likeness (QED) is 0.670. The fourth-order valence-electron chi connectivity index (χ4n) is 3.22. The van der Waals surface area contributed by atoms with E-state index in [1.807, 2.05) is 0 Å². The number of likely N-dealkylation sites (tertiary alicyclic amines) is 1. The highest BCUT2D eigenvalue weighted by molar-refractivity contribution is 6.31. The molecule has 2 aliphatic rings. The summed E-state index contributed by atoms with van der Waals surface area (Å²) in [6.07, 6.45) is 2.21. The number of rotatable bonds is 2. The van der Waals surface area contributed by atoms with Crippen molar-refractivity contribution in [2.45, 2.75) is 18.9 Å². The molecule has 0 aromatic heterocycles. The van der Waals surface area contributed by atoms with Crippen LogP contribution in [0.5, 0.6) is 0 Å². The van der Waals surface area contributed by atoms with Gasteiger partial charge in [-0.15, -0.1) is 0 Å². The molecule has 2 saturated heterocycles. The molecule has 1 aromatic carbocycles. The minimum atomic E-state index is -0.537. The molecule has 0 radical (unpaired) electrons. The van der Waals surface area contributed by atoms with Crippen LogP contribution in [0.4, 0.5) is 5.69 Å². The van der Waals surface area contributed by atoms with Gasteiger partial charge in [-0.3, -0.25) is 14.9 Å². The average molecular weight is 310 g/mol. The molecule has 3 rings (SSSR count). The van der Waals surface area contributed by atoms with Gasteiger partial charge in [-0.1, -0.05) is 11.6 Å². The van der Waals surface area contributed by atoms with Crippen LogP contribution < -0.4 is 5.32 Å². The average Bonchev–Trinajstić information content (AvgIpc) is 2.89. The normalized spacial score (nSPS) is 24.7. The number of benzene rings is 1. The topological polar surface area (TPSA) is 75.5 Å². The number of nitrogens with one attached hydrogen (secondary N) is 1. The number of hydrogen-bond donors (Lipinski definition) is 1. The van der Waals surface area contributed by atoms with Gasteiger partial charge in [0.2, 0.25) is 0 Å². The number of nitro groups is 1. The van der Waals surface area contributed by atoms with Crippen LogP contribution in [0.15, 0.2) is 18.2 Å². The molecule has 0 spiro atoms. The molecule has 2 heterocycles. The molecular weight excluding hydrogens is 294 g/mol. The summed E-state index contributed by atoms with van der Waals surface area (Å²) >= 11 is 5.89. The highest BCUT2D eigenvalue weighted by atomic mass is 35.5. The first kappa shape index (κ1) is 14.3. The van der Waals surface area contributed by atoms with Crippen molar-refractivity contribution in [1.82, 2.24) is 10.2 Å². The molecule has 0 saturated carbocycles. The first-order valence-electron chi connectivity index (χ1n) is 7.03. The smallest absolute Gasteiger partial charge is 0.282 e. The molecule has 6 nitrogen and oxygen atoms in total. The predicted molar refractivity (Wildman–Crippen MR) is 78.5 cm³/mol. The lowest BCUT2D eigenvalue weighted by Crippen LogP contribution is -2.41. The number of hydrogen-bond acceptors (Lipinski definition) is 4. The molecule has 0 aliphatic carbocycles. The third kappa shape index (κ3) is 2.73. The molecule has 112 valence electrons. The zero-order valence-electron chi connectivity index (χ0n) is 11.4. The summed E-state index contributed by atoms with van der Waals surface area (Å²) in [5.74, 6) is 0.140. The Balaban J connectivity index is 1.85. The van der Waals surface area contributed by atoms with Gasteiger partial charge in [0.15, 0.2) is 0 Å². The highest BCUT2D eigenvalue weighted by Crippen LogP contribution is 2.29. The van der Waals surface area contributed by atoms with Gasteiger partial charge < -0.3 is 10.2 Å². The van der Waals surface area contributed by atoms with Crippen molar-refractivity contribution in [1.29, 1.82) is 0 Å². The Labute approximate surface area is 127 Å². The standard InChI is InChI=1S/C14H16ClN3O3/c15-10-3-4-13(18(20)21)11(6-10)14(19)17-7-9-2-1-5-16-12(9)8-17/h3-4,6,9,12,16H,1-2,5,7-8H2. The Bertz CT molecular complexity index is 579. The van der Waals surface area contributed by atoms with Crippen LogP contribution in [-0.2, 0) is 0 Å². The second kappa shape index (κ2) is 5.61. The SMILES string of the molecule is O=C(c1cc(Cl)ccc1[N+](=O)[O-])N1CC2CCCNC2C1. The fourth-order valence-corrected chi connectivity index (χ4v) is 3.39. The summed E-state index contributed by atoms with van der Waals surface area (Å²) in [6.45, 7) is 2.23. The van der Waals surface area contributed by atoms with Gasteiger partial charge in [-0.2, -0.15) is 0 Å². The van der Waals surface area contributed by atoms with Crippen LogP contribution in [0.3, 0.4) is 0 Å². The zero-order valence-corrected chi connectivity index (χ0v) is 12.2. The molecule has 21 heavy (non-hydrogen) atoms. The fraction of sp³-hybridized carbons (Fsp3) is 0.500. The van der Waals surface area contributed by atoms with Crippen LogP contribution in [0.2, 0.25) is 5.02 Å². The molecule has 2 aliphatic heterocycles. The van der Waals surface area contributed by atoms with Crippen molar-refractivity contribution in [2.75, 3.05) is 19.6 Å². The van der Waals surface area contributed by atoms with E-state index in [1.165, 1.54) is 18.2 Å². The Kier molecular flexibility index (Phi) is 3.82. The number of piperidine rings is 1. The van der Waals surface area contributed by atoms with Gasteiger partial charge in [0.1, 0.15) is 5.56 Å². The second-order valence-electron chi connectivity index (χ2n) is 5.59. The molecule has 1 amide bonds. The number of halogens is 1. The highest BCUT2D eigenvalue weighted by Gasteiger charge is 2.38. The van der Waals surface area contributed by atoms with E-state index in [9.17, 15) is 14.9 Å². The lowest BCUT2D eigenvalue weighted by Gasteiger charge is -2.24. The Hall–Kier alpha value is -1.66. The number of carbonyl (C=O) groups is 1. The Morgan fingerprint density at radius 3 is 2.95 bits per heavy atom. The Morgan fingerprint density at radius 2 is 2.24 bits per heavy atom. The van der Waals surface area contributed by atoms with Crippen LogP contribution in [0, 0.1) is 16.0 Å². The number of nitrogens with zero attached hydrogens (tertiary/aromatic N) is 2. The van der Waals surface area contributed by atoms with Gasteiger partial charge in [-0.25, -0.2) is 0 Å². The summed E-state index contributed by atoms with van der Waals surface area (Å²) < 4.78 is 0. The van der Waals surface area contributed by atoms with E-state index in [0.717, 1.165) is 19.4 Å². The third-order valence-electron chi connectivity index (χ3n) is 4.27. The molecule has 7 heteroatoms. The maximum absolute atomic E-state index is 12.6. The summed E-state index contributed by atoms with van der Waals surface area (Å²) in [6, 6.07) is 4.41. The van der Waals surface area contributed by atoms with Crippen molar-refractivity contribution in [2.24, 2.45) is 5.92 Å². The summed E-state index contributed by atoms with van der Waals surface area (Å²) in [5.41, 5.74) is -0.113. The predicted octanol–water partition coefficient (Wildman–Crippen LogP) is 2.07. The van der Waals surface area contributed by atoms with Crippen molar-refractivity contribution in [3.8, 4) is 0 Å². The van der Waals surface area contributed by atoms with Gasteiger partial charge in [-0.05, 0) is 37.4 Å². The lowest BCUT2D eigenvalue weighted by molar-refractivity contribution is -0.385. The van der Waals surface area contributed by atoms with Gasteiger partial charge in [0, 0.05) is 30.2 Å². The molecular formula is C14H16ClN3O3. The van der Waals surface area contributed by atoms with Crippen molar-refractivity contribution < 1.29 is 9.72 Å². The van der Waals surface area contributed by atoms with E-state index >= 15 is 0 Å². The van der Waals surface area contributed by atoms with E-state index in [-0.39, 0.29) is 17.2 Å². The summed E-state index contributed by atoms with van der Waals surface area (Å²) in [5, 5.41) is 14.8. The number of carbonyl (C=O) groups excluding carboxylic acids is 1. The van der Waals surface area contributed by atoms with Crippen molar-refractivity contribution in [3.63, 3.8) is 0 Å². The first-order chi connectivity index (χ1) is 10.1. The zero-order chi connectivity index (χ0) is 15.0. The molecule has 2 fully saturated rings. The second-order valence-corrected chi connectivity index (χ2v) is 6.03. The van der Waals surface area contributed by atoms with Crippen molar-refractivity contribution in [3.05, 3.63) is 38.9 Å². The number of amides is 1. The molecule has 0 bridgehead atoms. The summed E-state index contributed by atoms with van der Waals surface area (Å²) in [4.78, 5) is 24.8. The first-order valence-corrected chi connectivity index (χ1v) is 7.40. The van der Waals surface area contributed by atoms with E-state index in [4.69, 9.17) is 11.6 Å². The lowest BCUT2D eigenvalue weighted by atomic mass is 9.94. The van der Waals surface area contributed by atoms with Crippen LogP contribution in [0.25, 0.3) is 0 Å². The van der Waals surface area contributed by atoms with Gasteiger partial charge >= 0.3 is 0 Å². The Morgan fingerprint density at radius 1 is 1.43 bits per heavy atom. The van der Waals surface area contributed by atoms with Crippen LogP contribution in [-0.4, -0.2) is 41.4 Å². The molecule has 1 N–H and O–H groups in total. The minimum absolute atomic E-state index is 0.0751. The number of nitro benzene ring substituents is 1. The van der Waals surface area contributed by atoms with Crippen LogP contribution in [0.1, 0.15) is 23.2 Å². The van der Waals surface area contributed by atoms with E-state index in [0.29, 0.717) is 30.1 Å². The van der Waals surface area contributed by atoms with E-state index < -0.39 is 4.92 Å². The van der Waals surface area contributed by atoms with E-state index in [2.05, 4.69) is 5.32 Å². The van der Waals surface area contributed by atoms with Gasteiger partial charge in [0.05, 0.1) is 4.92 Å². The van der Waals surface area contributed by atoms with Crippen molar-refractivity contribution >= 4 is 23.2 Å². The van der Waals surface area contributed by atoms with Crippen LogP contribution >= 0.6 is 11.6 Å². The molecule has 2 atom stereocenters. The monoisotopic (exact) mass is 309 g/mol. The summed E-state index contributed by atoms with van der Waals surface area (Å²) in [7, 11) is 0. The largest absolute Gasteiger partial charge is 0.337 e. The molecule has 1 aromatic rings. The molecule has 2 unspecified atom stereocenters. The number of fused-ring (bicyclic) bond motifs is 1. The van der Waals surface area contributed by atoms with E-state index in [1.54, 1.807) is 4.90 Å². The third-order valence-corrected chi connectivity index (χ3v) is 4.51. The maximum atomic E-state index is 12.6. The minimum Gasteiger partial charge on any atom is -0.337 e. The van der Waals surface area contributed by atoms with Gasteiger partial charge in [0.25, 0.3) is 11.6 Å². The maximum Gasteiger partial charge on any atom is 0.282 e.